The number of nitrogens with two attached hydrogens (primary N) is 1. The molecule has 2 N–H and O–H groups in total. The van der Waals surface area contributed by atoms with Crippen LogP contribution in [0.1, 0.15) is 19.2 Å². The summed E-state index contributed by atoms with van der Waals surface area (Å²) < 4.78 is 47.3. The molecule has 0 radical (unpaired) electrons. The molecule has 0 aromatic carbocycles. The van der Waals surface area contributed by atoms with Crippen molar-refractivity contribution in [3.05, 3.63) is 11.9 Å². The van der Waals surface area contributed by atoms with Crippen LogP contribution in [0, 0.1) is 0 Å². The van der Waals surface area contributed by atoms with Crippen molar-refractivity contribution in [1.29, 1.82) is 0 Å². The Labute approximate surface area is 102 Å². The van der Waals surface area contributed by atoms with Crippen molar-refractivity contribution in [3.8, 4) is 5.88 Å². The Bertz CT molecular complexity index is 385. The number of nitrogens with zero attached hydrogens (tertiary/aromatic N) is 2. The number of halogens is 3. The summed E-state index contributed by atoms with van der Waals surface area (Å²) in [7, 11) is 0. The van der Waals surface area contributed by atoms with Gasteiger partial charge in [-0.05, 0) is 6.42 Å². The van der Waals surface area contributed by atoms with Gasteiger partial charge in [-0.3, -0.25) is 0 Å². The van der Waals surface area contributed by atoms with Crippen LogP contribution in [0.3, 0.4) is 0 Å². The van der Waals surface area contributed by atoms with Gasteiger partial charge in [0.25, 0.3) is 0 Å². The third kappa shape index (κ3) is 4.74. The highest BCUT2D eigenvalue weighted by molar-refractivity contribution is 5.33. The standard InChI is InChI=1S/C10H14F3N3O2/c1-2-3-17-4-5-18-8-6-7(14)15-9(16-8)10(11,12)13/h6H,2-5H2,1H3,(H2,14,15,16). The molecule has 0 saturated carbocycles. The Morgan fingerprint density at radius 3 is 2.56 bits per heavy atom. The van der Waals surface area contributed by atoms with E-state index in [0.29, 0.717) is 6.61 Å². The van der Waals surface area contributed by atoms with E-state index in [1.807, 2.05) is 6.92 Å². The van der Waals surface area contributed by atoms with Gasteiger partial charge < -0.3 is 15.2 Å². The summed E-state index contributed by atoms with van der Waals surface area (Å²) in [6.07, 6.45) is -3.79. The number of anilines is 1. The lowest BCUT2D eigenvalue weighted by Gasteiger charge is -2.09. The van der Waals surface area contributed by atoms with Crippen molar-refractivity contribution < 1.29 is 22.6 Å². The molecule has 0 bridgehead atoms. The van der Waals surface area contributed by atoms with Gasteiger partial charge in [0.1, 0.15) is 12.4 Å². The highest BCUT2D eigenvalue weighted by Crippen LogP contribution is 2.28. The lowest BCUT2D eigenvalue weighted by molar-refractivity contribution is -0.145. The summed E-state index contributed by atoms with van der Waals surface area (Å²) >= 11 is 0. The van der Waals surface area contributed by atoms with Crippen LogP contribution in [0.2, 0.25) is 0 Å². The fourth-order valence-electron chi connectivity index (χ4n) is 1.09. The monoisotopic (exact) mass is 265 g/mol. The molecule has 102 valence electrons. The minimum Gasteiger partial charge on any atom is -0.475 e. The maximum atomic E-state index is 12.4. The number of hydrogen-bond acceptors (Lipinski definition) is 5. The molecule has 1 aromatic rings. The molecule has 5 nitrogen and oxygen atoms in total. The predicted octanol–water partition coefficient (Wildman–Crippen LogP) is 1.88. The predicted molar refractivity (Wildman–Crippen MR) is 58.1 cm³/mol. The van der Waals surface area contributed by atoms with Crippen LogP contribution in [-0.4, -0.2) is 29.8 Å². The van der Waals surface area contributed by atoms with E-state index in [0.717, 1.165) is 12.5 Å². The molecular formula is C10H14F3N3O2. The summed E-state index contributed by atoms with van der Waals surface area (Å²) in [6, 6.07) is 1.13. The number of alkyl halides is 3. The summed E-state index contributed by atoms with van der Waals surface area (Å²) in [6.45, 7) is 2.90. The molecule has 0 saturated heterocycles. The smallest absolute Gasteiger partial charge is 0.451 e. The Morgan fingerprint density at radius 1 is 1.22 bits per heavy atom. The van der Waals surface area contributed by atoms with E-state index < -0.39 is 12.0 Å². The van der Waals surface area contributed by atoms with E-state index in [1.54, 1.807) is 0 Å². The second kappa shape index (κ2) is 6.39. The quantitative estimate of drug-likeness (QED) is 0.795. The summed E-state index contributed by atoms with van der Waals surface area (Å²) in [5.41, 5.74) is 5.25. The zero-order valence-electron chi connectivity index (χ0n) is 9.83. The normalized spacial score (nSPS) is 11.6. The third-order valence-corrected chi connectivity index (χ3v) is 1.80. The highest BCUT2D eigenvalue weighted by atomic mass is 19.4. The van der Waals surface area contributed by atoms with E-state index in [2.05, 4.69) is 9.97 Å². The molecule has 0 fully saturated rings. The van der Waals surface area contributed by atoms with Crippen molar-refractivity contribution in [2.75, 3.05) is 25.6 Å². The second-order valence-corrected chi connectivity index (χ2v) is 3.41. The first-order valence-electron chi connectivity index (χ1n) is 5.35. The highest BCUT2D eigenvalue weighted by Gasteiger charge is 2.35. The third-order valence-electron chi connectivity index (χ3n) is 1.80. The van der Waals surface area contributed by atoms with Crippen molar-refractivity contribution in [2.45, 2.75) is 19.5 Å². The van der Waals surface area contributed by atoms with Crippen LogP contribution < -0.4 is 10.5 Å². The van der Waals surface area contributed by atoms with Crippen LogP contribution in [0.15, 0.2) is 6.07 Å². The Hall–Kier alpha value is -1.57. The van der Waals surface area contributed by atoms with Gasteiger partial charge in [0.2, 0.25) is 11.7 Å². The topological polar surface area (TPSA) is 70.3 Å². The summed E-state index contributed by atoms with van der Waals surface area (Å²) in [5.74, 6) is -1.82. The van der Waals surface area contributed by atoms with Crippen LogP contribution in [0.5, 0.6) is 5.88 Å². The van der Waals surface area contributed by atoms with Crippen LogP contribution in [0.4, 0.5) is 19.0 Å². The van der Waals surface area contributed by atoms with E-state index in [-0.39, 0.29) is 24.9 Å². The van der Waals surface area contributed by atoms with E-state index in [1.165, 1.54) is 0 Å². The zero-order chi connectivity index (χ0) is 13.6. The molecule has 0 unspecified atom stereocenters. The molecule has 0 amide bonds. The number of aromatic nitrogens is 2. The van der Waals surface area contributed by atoms with E-state index >= 15 is 0 Å². The average Bonchev–Trinajstić information content (AvgIpc) is 2.27. The Morgan fingerprint density at radius 2 is 1.94 bits per heavy atom. The van der Waals surface area contributed by atoms with Crippen LogP contribution >= 0.6 is 0 Å². The van der Waals surface area contributed by atoms with Crippen molar-refractivity contribution in [1.82, 2.24) is 9.97 Å². The van der Waals surface area contributed by atoms with Gasteiger partial charge in [-0.15, -0.1) is 0 Å². The summed E-state index contributed by atoms with van der Waals surface area (Å²) in [4.78, 5) is 6.32. The molecule has 18 heavy (non-hydrogen) atoms. The second-order valence-electron chi connectivity index (χ2n) is 3.41. The fourth-order valence-corrected chi connectivity index (χ4v) is 1.09. The largest absolute Gasteiger partial charge is 0.475 e. The molecule has 0 aliphatic carbocycles. The van der Waals surface area contributed by atoms with Crippen molar-refractivity contribution in [3.63, 3.8) is 0 Å². The zero-order valence-corrected chi connectivity index (χ0v) is 9.83. The van der Waals surface area contributed by atoms with Gasteiger partial charge in [0.15, 0.2) is 0 Å². The number of ether oxygens (including phenoxy) is 2. The first kappa shape index (κ1) is 14.5. The Balaban J connectivity index is 2.58. The molecule has 8 heteroatoms. The maximum Gasteiger partial charge on any atom is 0.451 e. The minimum absolute atomic E-state index is 0.105. The molecule has 1 rings (SSSR count). The fraction of sp³-hybridized carbons (Fsp3) is 0.600. The average molecular weight is 265 g/mol. The van der Waals surface area contributed by atoms with Crippen LogP contribution in [-0.2, 0) is 10.9 Å². The van der Waals surface area contributed by atoms with Gasteiger partial charge in [-0.25, -0.2) is 4.98 Å². The number of hydrogen-bond donors (Lipinski definition) is 1. The first-order chi connectivity index (χ1) is 8.43. The lowest BCUT2D eigenvalue weighted by atomic mass is 10.5. The molecule has 0 spiro atoms. The first-order valence-corrected chi connectivity index (χ1v) is 5.35. The lowest BCUT2D eigenvalue weighted by Crippen LogP contribution is -2.14. The molecule has 0 aliphatic rings. The minimum atomic E-state index is -4.65. The molecular weight excluding hydrogens is 251 g/mol. The van der Waals surface area contributed by atoms with Crippen molar-refractivity contribution in [2.24, 2.45) is 0 Å². The van der Waals surface area contributed by atoms with E-state index in [4.69, 9.17) is 15.2 Å². The van der Waals surface area contributed by atoms with Crippen LogP contribution in [0.25, 0.3) is 0 Å². The number of rotatable bonds is 6. The molecule has 0 aliphatic heterocycles. The molecule has 1 aromatic heterocycles. The number of nitrogen functional groups attached to an aromatic ring is 1. The van der Waals surface area contributed by atoms with Gasteiger partial charge in [0, 0.05) is 12.7 Å². The van der Waals surface area contributed by atoms with Gasteiger partial charge >= 0.3 is 6.18 Å². The van der Waals surface area contributed by atoms with Crippen molar-refractivity contribution >= 4 is 5.82 Å². The molecule has 1 heterocycles. The molecule has 0 atom stereocenters. The Kier molecular flexibility index (Phi) is 5.14. The summed E-state index contributed by atoms with van der Waals surface area (Å²) in [5, 5.41) is 0. The van der Waals surface area contributed by atoms with Gasteiger partial charge in [-0.1, -0.05) is 6.92 Å². The SMILES string of the molecule is CCCOCCOc1cc(N)nc(C(F)(F)F)n1. The van der Waals surface area contributed by atoms with Gasteiger partial charge in [0.05, 0.1) is 6.61 Å². The van der Waals surface area contributed by atoms with Gasteiger partial charge in [-0.2, -0.15) is 18.2 Å². The maximum absolute atomic E-state index is 12.4. The van der Waals surface area contributed by atoms with E-state index in [9.17, 15) is 13.2 Å².